The van der Waals surface area contributed by atoms with Crippen LogP contribution in [0.1, 0.15) is 22.3 Å². The molecule has 0 aliphatic carbocycles. The van der Waals surface area contributed by atoms with E-state index in [0.29, 0.717) is 42.5 Å². The van der Waals surface area contributed by atoms with Crippen molar-refractivity contribution in [2.75, 3.05) is 30.8 Å². The number of hydrogen-bond donors (Lipinski definition) is 2. The molecule has 0 saturated carbocycles. The minimum absolute atomic E-state index is 0.0121. The zero-order valence-corrected chi connectivity index (χ0v) is 17.2. The van der Waals surface area contributed by atoms with Crippen LogP contribution in [0.5, 0.6) is 0 Å². The minimum Gasteiger partial charge on any atom is -0.373 e. The zero-order chi connectivity index (χ0) is 21.1. The van der Waals surface area contributed by atoms with E-state index in [1.165, 1.54) is 0 Å². The van der Waals surface area contributed by atoms with E-state index in [-0.39, 0.29) is 12.0 Å². The number of nitrogens with zero attached hydrogens (tertiary/aromatic N) is 7. The summed E-state index contributed by atoms with van der Waals surface area (Å²) in [7, 11) is 3.68. The number of benzene rings is 1. The Hall–Kier alpha value is -3.73. The summed E-state index contributed by atoms with van der Waals surface area (Å²) < 4.78 is 9.54. The third-order valence-corrected chi connectivity index (χ3v) is 5.92. The summed E-state index contributed by atoms with van der Waals surface area (Å²) in [6.45, 7) is 1.64. The van der Waals surface area contributed by atoms with Gasteiger partial charge in [0.05, 0.1) is 30.1 Å². The molecule has 4 aromatic rings. The van der Waals surface area contributed by atoms with Gasteiger partial charge in [0.1, 0.15) is 22.7 Å². The molecule has 11 nitrogen and oxygen atoms in total. The zero-order valence-electron chi connectivity index (χ0n) is 17.2. The van der Waals surface area contributed by atoms with Crippen LogP contribution in [0.2, 0.25) is 0 Å². The van der Waals surface area contributed by atoms with Gasteiger partial charge in [-0.15, -0.1) is 5.10 Å². The summed E-state index contributed by atoms with van der Waals surface area (Å²) >= 11 is 0. The van der Waals surface area contributed by atoms with E-state index in [4.69, 9.17) is 9.72 Å². The Morgan fingerprint density at radius 1 is 1.29 bits per heavy atom. The van der Waals surface area contributed by atoms with Crippen LogP contribution in [0.15, 0.2) is 24.4 Å². The largest absolute Gasteiger partial charge is 0.373 e. The van der Waals surface area contributed by atoms with Crippen molar-refractivity contribution >= 4 is 39.9 Å². The lowest BCUT2D eigenvalue weighted by Crippen LogP contribution is -2.30. The van der Waals surface area contributed by atoms with Crippen LogP contribution in [0.25, 0.3) is 16.7 Å². The van der Waals surface area contributed by atoms with Crippen molar-refractivity contribution in [1.82, 2.24) is 34.5 Å². The standard InChI is InChI=1S/C20H21N9O2/c1-21-17-7-16-23-14-5-11(6-15-18(14)25-26-27(15)2)10-31-12-3-4-28(9-12)20(30)13-8-22-29(17)19(13)24-16/h5-8,12,21H,3-4,9-10H2,1-2H3,(H,23,24)/t12-/m0/s1. The Bertz CT molecular complexity index is 1340. The van der Waals surface area contributed by atoms with Crippen molar-refractivity contribution < 1.29 is 9.53 Å². The molecule has 0 radical (unpaired) electrons. The number of aromatic nitrogens is 6. The average molecular weight is 419 g/mol. The molecule has 1 atom stereocenters. The van der Waals surface area contributed by atoms with E-state index in [2.05, 4.69) is 26.0 Å². The number of fused-ring (bicyclic) bond motifs is 7. The van der Waals surface area contributed by atoms with Crippen LogP contribution in [-0.2, 0) is 18.4 Å². The number of nitrogens with one attached hydrogen (secondary N) is 2. The van der Waals surface area contributed by atoms with Crippen LogP contribution < -0.4 is 10.6 Å². The summed E-state index contributed by atoms with van der Waals surface area (Å²) in [4.78, 5) is 19.8. The van der Waals surface area contributed by atoms with Crippen molar-refractivity contribution in [2.24, 2.45) is 7.05 Å². The maximum atomic E-state index is 13.2. The number of carbonyl (C=O) groups excluding carboxylic acids is 1. The molecule has 2 aliphatic rings. The van der Waals surface area contributed by atoms with E-state index in [0.717, 1.165) is 28.7 Å². The predicted molar refractivity (Wildman–Crippen MR) is 113 cm³/mol. The smallest absolute Gasteiger partial charge is 0.259 e. The summed E-state index contributed by atoms with van der Waals surface area (Å²) in [5, 5.41) is 19.4. The van der Waals surface area contributed by atoms with Crippen LogP contribution in [0.4, 0.5) is 17.3 Å². The molecule has 11 heteroatoms. The maximum absolute atomic E-state index is 13.2. The van der Waals surface area contributed by atoms with E-state index in [1.807, 2.05) is 37.2 Å². The molecule has 6 rings (SSSR count). The van der Waals surface area contributed by atoms with Crippen molar-refractivity contribution in [3.05, 3.63) is 35.5 Å². The fourth-order valence-electron chi connectivity index (χ4n) is 4.29. The van der Waals surface area contributed by atoms with E-state index in [9.17, 15) is 4.79 Å². The minimum atomic E-state index is -0.0836. The lowest BCUT2D eigenvalue weighted by Gasteiger charge is -2.18. The molecule has 1 fully saturated rings. The highest BCUT2D eigenvalue weighted by Gasteiger charge is 2.30. The fraction of sp³-hybridized carbons (Fsp3) is 0.350. The average Bonchev–Trinajstić information content (AvgIpc) is 3.50. The summed E-state index contributed by atoms with van der Waals surface area (Å²) in [6, 6.07) is 5.90. The van der Waals surface area contributed by atoms with Gasteiger partial charge in [0.25, 0.3) is 5.91 Å². The highest BCUT2D eigenvalue weighted by Crippen LogP contribution is 2.29. The van der Waals surface area contributed by atoms with Gasteiger partial charge in [0.15, 0.2) is 5.65 Å². The van der Waals surface area contributed by atoms with Gasteiger partial charge in [-0.25, -0.2) is 9.67 Å². The van der Waals surface area contributed by atoms with Gasteiger partial charge in [0.2, 0.25) is 0 Å². The third-order valence-electron chi connectivity index (χ3n) is 5.92. The molecule has 3 aromatic heterocycles. The Morgan fingerprint density at radius 2 is 2.19 bits per heavy atom. The molecule has 2 aliphatic heterocycles. The lowest BCUT2D eigenvalue weighted by molar-refractivity contribution is 0.0438. The molecule has 31 heavy (non-hydrogen) atoms. The second kappa shape index (κ2) is 6.64. The first-order chi connectivity index (χ1) is 15.1. The predicted octanol–water partition coefficient (Wildman–Crippen LogP) is 1.54. The number of carbonyl (C=O) groups is 1. The number of aryl methyl sites for hydroxylation is 1. The topological polar surface area (TPSA) is 114 Å². The summed E-state index contributed by atoms with van der Waals surface area (Å²) in [5.41, 5.74) is 4.38. The Labute approximate surface area is 177 Å². The maximum Gasteiger partial charge on any atom is 0.259 e. The number of ether oxygens (including phenoxy) is 1. The summed E-state index contributed by atoms with van der Waals surface area (Å²) in [5.74, 6) is 1.21. The molecule has 6 bridgehead atoms. The lowest BCUT2D eigenvalue weighted by atomic mass is 10.1. The molecule has 5 heterocycles. The Kier molecular flexibility index (Phi) is 3.87. The van der Waals surface area contributed by atoms with Crippen molar-refractivity contribution in [1.29, 1.82) is 0 Å². The van der Waals surface area contributed by atoms with Crippen LogP contribution in [0.3, 0.4) is 0 Å². The van der Waals surface area contributed by atoms with Gasteiger partial charge in [0, 0.05) is 33.3 Å². The Morgan fingerprint density at radius 3 is 3.06 bits per heavy atom. The van der Waals surface area contributed by atoms with Crippen LogP contribution in [0, 0.1) is 0 Å². The van der Waals surface area contributed by atoms with Gasteiger partial charge in [-0.1, -0.05) is 5.21 Å². The van der Waals surface area contributed by atoms with Crippen molar-refractivity contribution in [3.8, 4) is 0 Å². The highest BCUT2D eigenvalue weighted by molar-refractivity contribution is 6.00. The number of anilines is 3. The highest BCUT2D eigenvalue weighted by atomic mass is 16.5. The first-order valence-electron chi connectivity index (χ1n) is 10.2. The molecular formula is C20H21N9O2. The summed E-state index contributed by atoms with van der Waals surface area (Å²) in [6.07, 6.45) is 2.37. The Balaban J connectivity index is 1.58. The molecule has 158 valence electrons. The van der Waals surface area contributed by atoms with Gasteiger partial charge in [-0.2, -0.15) is 9.61 Å². The molecule has 0 unspecified atom stereocenters. The van der Waals surface area contributed by atoms with Gasteiger partial charge in [-0.05, 0) is 24.1 Å². The molecule has 1 amide bonds. The van der Waals surface area contributed by atoms with Gasteiger partial charge >= 0.3 is 0 Å². The van der Waals surface area contributed by atoms with Crippen LogP contribution in [-0.4, -0.2) is 66.6 Å². The van der Waals surface area contributed by atoms with Crippen LogP contribution >= 0.6 is 0 Å². The molecule has 2 N–H and O–H groups in total. The number of amides is 1. The van der Waals surface area contributed by atoms with Gasteiger partial charge < -0.3 is 20.3 Å². The quantitative estimate of drug-likeness (QED) is 0.478. The molecule has 0 spiro atoms. The first kappa shape index (κ1) is 18.1. The monoisotopic (exact) mass is 419 g/mol. The fourth-order valence-corrected chi connectivity index (χ4v) is 4.29. The normalized spacial score (nSPS) is 18.6. The molecule has 1 aromatic carbocycles. The third kappa shape index (κ3) is 2.81. The van der Waals surface area contributed by atoms with Crippen molar-refractivity contribution in [3.63, 3.8) is 0 Å². The number of rotatable bonds is 1. The number of hydrogen-bond acceptors (Lipinski definition) is 8. The van der Waals surface area contributed by atoms with E-state index in [1.54, 1.807) is 15.4 Å². The second-order valence-electron chi connectivity index (χ2n) is 7.89. The van der Waals surface area contributed by atoms with Crippen molar-refractivity contribution in [2.45, 2.75) is 19.1 Å². The second-order valence-corrected chi connectivity index (χ2v) is 7.89. The van der Waals surface area contributed by atoms with E-state index >= 15 is 0 Å². The molecular weight excluding hydrogens is 398 g/mol. The first-order valence-corrected chi connectivity index (χ1v) is 10.2. The molecule has 1 saturated heterocycles. The van der Waals surface area contributed by atoms with E-state index < -0.39 is 0 Å². The SMILES string of the molecule is CNc1cc2nc3c(cnn13)C(=O)N1CC[C@@H](C1)OCc1cc(c3nnn(C)c3c1)N2. The van der Waals surface area contributed by atoms with Gasteiger partial charge in [-0.3, -0.25) is 4.79 Å².